The van der Waals surface area contributed by atoms with Crippen LogP contribution in [0, 0.1) is 0 Å². The van der Waals surface area contributed by atoms with Crippen molar-refractivity contribution < 1.29 is 80.2 Å². The van der Waals surface area contributed by atoms with Crippen LogP contribution < -0.4 is 0 Å². The minimum Gasteiger partial charge on any atom is -0.462 e. The van der Waals surface area contributed by atoms with E-state index >= 15 is 0 Å². The molecule has 0 saturated heterocycles. The molecule has 0 aliphatic carbocycles. The zero-order valence-electron chi connectivity index (χ0n) is 61.5. The lowest BCUT2D eigenvalue weighted by atomic mass is 10.1. The average molecular weight is 1440 g/mol. The van der Waals surface area contributed by atoms with Crippen LogP contribution in [0.3, 0.4) is 0 Å². The van der Waals surface area contributed by atoms with Crippen LogP contribution in [-0.2, 0) is 65.4 Å². The molecule has 5 atom stereocenters. The molecule has 0 spiro atoms. The highest BCUT2D eigenvalue weighted by molar-refractivity contribution is 7.47. The Morgan fingerprint density at radius 1 is 0.290 bits per heavy atom. The van der Waals surface area contributed by atoms with Crippen molar-refractivity contribution in [3.63, 3.8) is 0 Å². The molecule has 0 aliphatic heterocycles. The van der Waals surface area contributed by atoms with Gasteiger partial charge in [-0.3, -0.25) is 37.3 Å². The molecule has 0 saturated carbocycles. The Balaban J connectivity index is 5.50. The molecule has 100 heavy (non-hydrogen) atoms. The molecule has 0 fully saturated rings. The summed E-state index contributed by atoms with van der Waals surface area (Å²) in [5.74, 6) is -2.35. The fourth-order valence-corrected chi connectivity index (χ4v) is 10.6. The van der Waals surface area contributed by atoms with Crippen LogP contribution in [0.15, 0.2) is 170 Å². The second-order valence-electron chi connectivity index (χ2n) is 24.1. The van der Waals surface area contributed by atoms with Crippen LogP contribution in [0.1, 0.15) is 259 Å². The number of esters is 4. The molecule has 0 aromatic rings. The molecule has 17 nitrogen and oxygen atoms in total. The van der Waals surface area contributed by atoms with E-state index in [0.29, 0.717) is 32.1 Å². The Morgan fingerprint density at radius 3 is 0.820 bits per heavy atom. The van der Waals surface area contributed by atoms with Crippen molar-refractivity contribution in [2.75, 3.05) is 39.6 Å². The molecule has 3 N–H and O–H groups in total. The molecule has 0 bridgehead atoms. The molecule has 19 heteroatoms. The smallest absolute Gasteiger partial charge is 0.462 e. The summed E-state index contributed by atoms with van der Waals surface area (Å²) in [5.41, 5.74) is 0. The maximum absolute atomic E-state index is 13.1. The maximum atomic E-state index is 13.1. The molecule has 0 rings (SSSR count). The largest absolute Gasteiger partial charge is 0.472 e. The lowest BCUT2D eigenvalue weighted by Crippen LogP contribution is -2.30. The molecule has 0 heterocycles. The molecule has 0 amide bonds. The highest BCUT2D eigenvalue weighted by Crippen LogP contribution is 2.45. The topological polar surface area (TPSA) is 237 Å². The normalized spacial score (nSPS) is 14.9. The van der Waals surface area contributed by atoms with Gasteiger partial charge in [0, 0.05) is 25.7 Å². The lowest BCUT2D eigenvalue weighted by molar-refractivity contribution is -0.161. The second kappa shape index (κ2) is 71.8. The summed E-state index contributed by atoms with van der Waals surface area (Å²) in [6.45, 7) is 4.30. The summed E-state index contributed by atoms with van der Waals surface area (Å²) in [6.07, 6.45) is 83.6. The van der Waals surface area contributed by atoms with Crippen molar-refractivity contribution in [1.82, 2.24) is 0 Å². The monoisotopic (exact) mass is 1440 g/mol. The summed E-state index contributed by atoms with van der Waals surface area (Å²) in [5, 5.41) is 10.6. The summed E-state index contributed by atoms with van der Waals surface area (Å²) < 4.78 is 68.3. The van der Waals surface area contributed by atoms with Crippen molar-refractivity contribution in [3.8, 4) is 0 Å². The molecular weight excluding hydrogens is 1310 g/mol. The second-order valence-corrected chi connectivity index (χ2v) is 27.0. The number of allylic oxidation sites excluding steroid dienone is 28. The summed E-state index contributed by atoms with van der Waals surface area (Å²) in [7, 11) is -10.0. The fourth-order valence-electron chi connectivity index (χ4n) is 9.04. The fraction of sp³-hybridized carbons (Fsp3) is 0.605. The van der Waals surface area contributed by atoms with Gasteiger partial charge in [-0.2, -0.15) is 0 Å². The van der Waals surface area contributed by atoms with Gasteiger partial charge in [-0.25, -0.2) is 9.13 Å². The van der Waals surface area contributed by atoms with E-state index in [0.717, 1.165) is 154 Å². The maximum Gasteiger partial charge on any atom is 0.472 e. The molecule has 0 aliphatic rings. The minimum absolute atomic E-state index is 0.0258. The van der Waals surface area contributed by atoms with Gasteiger partial charge in [-0.1, -0.05) is 230 Å². The van der Waals surface area contributed by atoms with Crippen LogP contribution >= 0.6 is 15.6 Å². The molecule has 0 aromatic carbocycles. The summed E-state index contributed by atoms with van der Waals surface area (Å²) >= 11 is 0. The van der Waals surface area contributed by atoms with E-state index in [1.165, 1.54) is 19.3 Å². The first-order valence-corrected chi connectivity index (χ1v) is 40.4. The first-order chi connectivity index (χ1) is 48.7. The van der Waals surface area contributed by atoms with E-state index in [1.807, 2.05) is 0 Å². The van der Waals surface area contributed by atoms with E-state index in [-0.39, 0.29) is 25.7 Å². The van der Waals surface area contributed by atoms with Crippen LogP contribution in [-0.4, -0.2) is 96.7 Å². The lowest BCUT2D eigenvalue weighted by Gasteiger charge is -2.21. The van der Waals surface area contributed by atoms with Gasteiger partial charge in [0.25, 0.3) is 0 Å². The number of unbranched alkanes of at least 4 members (excludes halogenated alkanes) is 14. The minimum atomic E-state index is -5.01. The number of phosphoric acid groups is 2. The van der Waals surface area contributed by atoms with Gasteiger partial charge in [-0.15, -0.1) is 0 Å². The molecule has 5 unspecified atom stereocenters. The standard InChI is InChI=1S/C81H130O17P2/c1-5-9-13-17-21-25-29-33-37-41-45-49-53-57-61-65-78(83)91-71-76(97-80(85)67-63-59-55-51-47-43-39-35-31-27-23-19-15-11-7-3)73-95-99(87,88)93-69-75(82)70-94-100(89,90)96-74-77(98-81(86)68-64-60-56-52-48-44-40-36-32-28-24-20-16-12-8-4)72-92-79(84)66-62-58-54-50-46-42-38-34-30-26-22-18-14-10-6-2/h9-11,13-15,21-28,33-40,45-47,49-51,75-77,82H,5-8,12,16-20,29-32,41-44,48,52-74H2,1-4H3,(H,87,88)(H,89,90)/b13-9-,14-10-,15-11-,25-21-,26-22-,27-23-,28-24-,37-33-,38-34-,39-35-,40-36-,49-45-,50-46-,51-47-. The number of ether oxygens (including phenoxy) is 4. The van der Waals surface area contributed by atoms with E-state index in [1.54, 1.807) is 0 Å². The number of carbonyl (C=O) groups excluding carboxylic acids is 4. The number of aliphatic hydroxyl groups is 1. The van der Waals surface area contributed by atoms with Crippen molar-refractivity contribution in [2.24, 2.45) is 0 Å². The number of rotatable bonds is 68. The van der Waals surface area contributed by atoms with E-state index < -0.39 is 97.5 Å². The molecular formula is C81H130O17P2. The number of hydrogen-bond donors (Lipinski definition) is 3. The Bertz CT molecular complexity index is 2570. The number of aliphatic hydroxyl groups excluding tert-OH is 1. The third-order valence-corrected chi connectivity index (χ3v) is 16.6. The Labute approximate surface area is 603 Å². The zero-order valence-corrected chi connectivity index (χ0v) is 63.3. The van der Waals surface area contributed by atoms with E-state index in [2.05, 4.69) is 198 Å². The number of hydrogen-bond acceptors (Lipinski definition) is 15. The third kappa shape index (κ3) is 70.8. The van der Waals surface area contributed by atoms with Gasteiger partial charge in [0.15, 0.2) is 12.2 Å². The van der Waals surface area contributed by atoms with E-state index in [9.17, 15) is 43.2 Å². The van der Waals surface area contributed by atoms with Crippen LogP contribution in [0.2, 0.25) is 0 Å². The average Bonchev–Trinajstić information content (AvgIpc) is 1.01. The van der Waals surface area contributed by atoms with E-state index in [4.69, 9.17) is 37.0 Å². The highest BCUT2D eigenvalue weighted by Gasteiger charge is 2.30. The first-order valence-electron chi connectivity index (χ1n) is 37.4. The zero-order chi connectivity index (χ0) is 73.2. The quantitative estimate of drug-likeness (QED) is 0.0169. The van der Waals surface area contributed by atoms with Crippen LogP contribution in [0.4, 0.5) is 0 Å². The molecule has 0 radical (unpaired) electrons. The Kier molecular flexibility index (Phi) is 67.8. The Hall–Kier alpha value is -5.58. The van der Waals surface area contributed by atoms with Gasteiger partial charge in [0.05, 0.1) is 26.4 Å². The van der Waals surface area contributed by atoms with Gasteiger partial charge in [-0.05, 0) is 173 Å². The first kappa shape index (κ1) is 94.4. The molecule has 566 valence electrons. The number of phosphoric ester groups is 2. The van der Waals surface area contributed by atoms with Crippen molar-refractivity contribution in [3.05, 3.63) is 170 Å². The van der Waals surface area contributed by atoms with Crippen molar-refractivity contribution in [2.45, 2.75) is 277 Å². The van der Waals surface area contributed by atoms with Crippen LogP contribution in [0.5, 0.6) is 0 Å². The van der Waals surface area contributed by atoms with Crippen molar-refractivity contribution >= 4 is 39.5 Å². The van der Waals surface area contributed by atoms with Gasteiger partial charge >= 0.3 is 39.5 Å². The molecule has 0 aromatic heterocycles. The van der Waals surface area contributed by atoms with Crippen molar-refractivity contribution in [1.29, 1.82) is 0 Å². The highest BCUT2D eigenvalue weighted by atomic mass is 31.2. The van der Waals surface area contributed by atoms with Gasteiger partial charge in [0.1, 0.15) is 19.3 Å². The van der Waals surface area contributed by atoms with Crippen LogP contribution in [0.25, 0.3) is 0 Å². The Morgan fingerprint density at radius 2 is 0.520 bits per heavy atom. The summed E-state index contributed by atoms with van der Waals surface area (Å²) in [4.78, 5) is 72.8. The SMILES string of the molecule is CC/C=C\C/C=C\C/C=C\C/C=C\CCCCC(=O)OCC(COP(=O)(O)OCC(O)COP(=O)(O)OCC(COC(=O)CCCC/C=C\C/C=C\C/C=C\C/C=C\CC)OC(=O)CCCCCCC/C=C\C/C=C\CCCCC)OC(=O)CCCC/C=C\C/C=C\C/C=C\C/C=C\CC. The third-order valence-electron chi connectivity index (χ3n) is 14.7. The van der Waals surface area contributed by atoms with Gasteiger partial charge < -0.3 is 33.8 Å². The summed E-state index contributed by atoms with van der Waals surface area (Å²) in [6, 6.07) is 0. The number of carbonyl (C=O) groups is 4. The van der Waals surface area contributed by atoms with Gasteiger partial charge in [0.2, 0.25) is 0 Å². The predicted octanol–water partition coefficient (Wildman–Crippen LogP) is 21.4. The predicted molar refractivity (Wildman–Crippen MR) is 408 cm³/mol.